The zero-order valence-electron chi connectivity index (χ0n) is 22.2. The quantitative estimate of drug-likeness (QED) is 0.512. The fourth-order valence-electron chi connectivity index (χ4n) is 3.06. The summed E-state index contributed by atoms with van der Waals surface area (Å²) in [5.41, 5.74) is -0.322. The number of pyridine rings is 1. The Bertz CT molecular complexity index is 1080. The highest BCUT2D eigenvalue weighted by atomic mass is 16.6. The molecule has 196 valence electrons. The maximum absolute atomic E-state index is 12.7. The summed E-state index contributed by atoms with van der Waals surface area (Å²) in [6.45, 7) is 13.9. The second-order valence-electron chi connectivity index (χ2n) is 10.7. The predicted molar refractivity (Wildman–Crippen MR) is 135 cm³/mol. The van der Waals surface area contributed by atoms with Gasteiger partial charge in [-0.15, -0.1) is 0 Å². The summed E-state index contributed by atoms with van der Waals surface area (Å²) >= 11 is 0. The van der Waals surface area contributed by atoms with Crippen molar-refractivity contribution in [2.24, 2.45) is 5.92 Å². The van der Waals surface area contributed by atoms with Gasteiger partial charge in [-0.1, -0.05) is 19.1 Å². The number of aliphatic carboxylic acids is 1. The molecule has 0 bridgehead atoms. The number of nitrogens with zero attached hydrogens (tertiary/aromatic N) is 4. The molecule has 0 saturated heterocycles. The third-order valence-corrected chi connectivity index (χ3v) is 4.70. The third kappa shape index (κ3) is 8.83. The lowest BCUT2D eigenvalue weighted by molar-refractivity contribution is -0.130. The number of ether oxygens (including phenoxy) is 2. The van der Waals surface area contributed by atoms with Crippen molar-refractivity contribution in [2.45, 2.75) is 73.0 Å². The van der Waals surface area contributed by atoms with Crippen LogP contribution in [0.5, 0.6) is 0 Å². The predicted octanol–water partition coefficient (Wildman–Crippen LogP) is 5.24. The van der Waals surface area contributed by atoms with E-state index in [1.807, 2.05) is 19.1 Å². The van der Waals surface area contributed by atoms with E-state index in [-0.39, 0.29) is 30.2 Å². The van der Waals surface area contributed by atoms with E-state index >= 15 is 0 Å². The summed E-state index contributed by atoms with van der Waals surface area (Å²) in [5.74, 6) is -0.816. The smallest absolute Gasteiger partial charge is 0.419 e. The first-order valence-corrected chi connectivity index (χ1v) is 11.7. The van der Waals surface area contributed by atoms with Crippen molar-refractivity contribution in [1.29, 1.82) is 0 Å². The Labute approximate surface area is 211 Å². The molecule has 2 aromatic heterocycles. The molecule has 10 heteroatoms. The monoisotopic (exact) mass is 500 g/mol. The Morgan fingerprint density at radius 1 is 1.06 bits per heavy atom. The normalized spacial score (nSPS) is 13.2. The highest BCUT2D eigenvalue weighted by molar-refractivity contribution is 6.14. The Balaban J connectivity index is 2.20. The number of carbonyl (C=O) groups excluding carboxylic acids is 2. The van der Waals surface area contributed by atoms with Gasteiger partial charge >= 0.3 is 18.2 Å². The maximum atomic E-state index is 12.7. The van der Waals surface area contributed by atoms with Crippen LogP contribution in [0.2, 0.25) is 0 Å². The van der Waals surface area contributed by atoms with Crippen molar-refractivity contribution in [3.05, 3.63) is 48.2 Å². The maximum Gasteiger partial charge on any atom is 0.419 e. The second-order valence-corrected chi connectivity index (χ2v) is 10.7. The number of carbonyl (C=O) groups is 3. The summed E-state index contributed by atoms with van der Waals surface area (Å²) in [7, 11) is 0. The molecule has 2 amide bonds. The molecule has 0 aliphatic heterocycles. The van der Waals surface area contributed by atoms with Crippen LogP contribution in [0.25, 0.3) is 11.4 Å². The number of aryl methyl sites for hydroxylation is 1. The minimum atomic E-state index is -1.14. The number of hydrogen-bond acceptors (Lipinski definition) is 7. The molecule has 0 unspecified atom stereocenters. The van der Waals surface area contributed by atoms with Gasteiger partial charge in [-0.05, 0) is 72.4 Å². The topological polar surface area (TPSA) is 124 Å². The van der Waals surface area contributed by atoms with Crippen LogP contribution in [0.15, 0.2) is 36.9 Å². The van der Waals surface area contributed by atoms with E-state index < -0.39 is 29.4 Å². The van der Waals surface area contributed by atoms with Gasteiger partial charge in [0, 0.05) is 18.9 Å². The average Bonchev–Trinajstić information content (AvgIpc) is 3.19. The van der Waals surface area contributed by atoms with Crippen LogP contribution in [0.1, 0.15) is 66.1 Å². The van der Waals surface area contributed by atoms with Gasteiger partial charge < -0.3 is 14.6 Å². The number of allylic oxidation sites excluding steroid dienone is 1. The van der Waals surface area contributed by atoms with E-state index in [1.165, 1.54) is 12.4 Å². The van der Waals surface area contributed by atoms with Gasteiger partial charge in [0.2, 0.25) is 0 Å². The Hall–Kier alpha value is -3.69. The number of carboxylic acid groups (broad SMARTS) is 1. The van der Waals surface area contributed by atoms with Crippen LogP contribution >= 0.6 is 0 Å². The molecule has 2 rings (SSSR count). The zero-order chi connectivity index (χ0) is 27.3. The van der Waals surface area contributed by atoms with Crippen LogP contribution in [-0.2, 0) is 14.3 Å². The van der Waals surface area contributed by atoms with Gasteiger partial charge in [0.25, 0.3) is 0 Å². The van der Waals surface area contributed by atoms with E-state index in [0.29, 0.717) is 5.82 Å². The van der Waals surface area contributed by atoms with Crippen LogP contribution < -0.4 is 0 Å². The fourth-order valence-corrected chi connectivity index (χ4v) is 3.06. The number of rotatable bonds is 7. The molecular weight excluding hydrogens is 464 g/mol. The molecule has 2 aromatic rings. The second kappa shape index (κ2) is 11.4. The molecule has 0 aromatic carbocycles. The largest absolute Gasteiger partial charge is 0.478 e. The van der Waals surface area contributed by atoms with E-state index in [9.17, 15) is 19.5 Å². The van der Waals surface area contributed by atoms with Crippen molar-refractivity contribution < 1.29 is 29.0 Å². The lowest BCUT2D eigenvalue weighted by atomic mass is 10.0. The van der Waals surface area contributed by atoms with Gasteiger partial charge in [-0.25, -0.2) is 29.3 Å². The highest BCUT2D eigenvalue weighted by Crippen LogP contribution is 2.20. The van der Waals surface area contributed by atoms with E-state index in [1.54, 1.807) is 65.4 Å². The summed E-state index contributed by atoms with van der Waals surface area (Å²) in [6, 6.07) is 3.72. The average molecular weight is 501 g/mol. The minimum absolute atomic E-state index is 0.00815. The van der Waals surface area contributed by atoms with Crippen LogP contribution in [0, 0.1) is 12.8 Å². The lowest BCUT2D eigenvalue weighted by Gasteiger charge is -2.29. The van der Waals surface area contributed by atoms with Crippen molar-refractivity contribution in [2.75, 3.05) is 6.54 Å². The van der Waals surface area contributed by atoms with E-state index in [0.717, 1.165) is 10.5 Å². The summed E-state index contributed by atoms with van der Waals surface area (Å²) in [6.07, 6.45) is 4.96. The number of aromatic nitrogens is 3. The number of imidazole rings is 1. The molecule has 36 heavy (non-hydrogen) atoms. The molecule has 1 atom stereocenters. The van der Waals surface area contributed by atoms with Gasteiger partial charge in [-0.2, -0.15) is 0 Å². The van der Waals surface area contributed by atoms with E-state index in [4.69, 9.17) is 9.47 Å². The molecular formula is C26H36N4O6. The third-order valence-electron chi connectivity index (χ3n) is 4.70. The van der Waals surface area contributed by atoms with Crippen LogP contribution in [-0.4, -0.2) is 60.4 Å². The molecule has 1 N–H and O–H groups in total. The molecule has 0 fully saturated rings. The SMILES string of the molecule is Cc1ccc(-n2cnc(/C(=C/C[C@@H](C)CN(C(=O)OC(C)(C)C)C(=O)OC(C)(C)C)C(=O)O)c2)nc1. The van der Waals surface area contributed by atoms with Gasteiger partial charge in [0.15, 0.2) is 0 Å². The molecule has 0 spiro atoms. The summed E-state index contributed by atoms with van der Waals surface area (Å²) in [4.78, 5) is 46.9. The molecule has 0 radical (unpaired) electrons. The van der Waals surface area contributed by atoms with Gasteiger partial charge in [0.1, 0.15) is 23.3 Å². The lowest BCUT2D eigenvalue weighted by Crippen LogP contribution is -2.45. The van der Waals surface area contributed by atoms with Crippen LogP contribution in [0.3, 0.4) is 0 Å². The molecule has 0 aliphatic rings. The van der Waals surface area contributed by atoms with Crippen LogP contribution in [0.4, 0.5) is 9.59 Å². The standard InChI is InChI=1S/C26H36N4O6/c1-17-10-12-21(27-13-17)29-15-20(28-16-29)19(22(31)32)11-9-18(2)14-30(23(33)35-25(3,4)5)24(34)36-26(6,7)8/h10-13,15-16,18H,9,14H2,1-8H3,(H,31,32)/b19-11-/t18-/m1/s1. The van der Waals surface area contributed by atoms with Crippen molar-refractivity contribution >= 4 is 23.7 Å². The molecule has 10 nitrogen and oxygen atoms in total. The van der Waals surface area contributed by atoms with E-state index in [2.05, 4.69) is 9.97 Å². The first-order valence-electron chi connectivity index (χ1n) is 11.7. The van der Waals surface area contributed by atoms with Crippen molar-refractivity contribution in [3.8, 4) is 5.82 Å². The van der Waals surface area contributed by atoms with Gasteiger partial charge in [-0.3, -0.25) is 4.57 Å². The highest BCUT2D eigenvalue weighted by Gasteiger charge is 2.32. The Morgan fingerprint density at radius 3 is 2.11 bits per heavy atom. The number of carboxylic acids is 1. The number of hydrogen-bond donors (Lipinski definition) is 1. The molecule has 2 heterocycles. The van der Waals surface area contributed by atoms with Gasteiger partial charge in [0.05, 0.1) is 11.3 Å². The molecule has 0 aliphatic carbocycles. The zero-order valence-corrected chi connectivity index (χ0v) is 22.2. The fraction of sp³-hybridized carbons (Fsp3) is 0.500. The summed E-state index contributed by atoms with van der Waals surface area (Å²) < 4.78 is 12.4. The molecule has 0 saturated carbocycles. The Morgan fingerprint density at radius 2 is 1.64 bits per heavy atom. The summed E-state index contributed by atoms with van der Waals surface area (Å²) in [5, 5.41) is 9.78. The first-order chi connectivity index (χ1) is 16.6. The van der Waals surface area contributed by atoms with Crippen molar-refractivity contribution in [3.63, 3.8) is 0 Å². The number of imide groups is 1. The first kappa shape index (κ1) is 28.5. The Kier molecular flexibility index (Phi) is 9.01. The van der Waals surface area contributed by atoms with Crippen molar-refractivity contribution in [1.82, 2.24) is 19.4 Å². The number of amides is 2. The minimum Gasteiger partial charge on any atom is -0.478 e.